The van der Waals surface area contributed by atoms with Gasteiger partial charge < -0.3 is 25.4 Å². The summed E-state index contributed by atoms with van der Waals surface area (Å²) in [6.45, 7) is 6.05. The minimum atomic E-state index is -1.01. The molecule has 2 aromatic rings. The van der Waals surface area contributed by atoms with Crippen LogP contribution >= 0.6 is 0 Å². The summed E-state index contributed by atoms with van der Waals surface area (Å²) in [5.41, 5.74) is 1.39. The number of nitrogens with zero attached hydrogens (tertiary/aromatic N) is 1. The van der Waals surface area contributed by atoms with Crippen LogP contribution in [0.15, 0.2) is 30.3 Å². The Morgan fingerprint density at radius 2 is 1.80 bits per heavy atom. The van der Waals surface area contributed by atoms with Crippen molar-refractivity contribution in [2.45, 2.75) is 84.0 Å². The number of aliphatic hydroxyl groups is 2. The van der Waals surface area contributed by atoms with Crippen LogP contribution in [0.2, 0.25) is 0 Å². The van der Waals surface area contributed by atoms with Gasteiger partial charge in [0.25, 0.3) is 5.91 Å². The lowest BCUT2D eigenvalue weighted by atomic mass is 9.82. The predicted molar refractivity (Wildman–Crippen MR) is 139 cm³/mol. The van der Waals surface area contributed by atoms with E-state index in [1.165, 1.54) is 19.3 Å². The lowest BCUT2D eigenvalue weighted by Gasteiger charge is -2.33. The Morgan fingerprint density at radius 1 is 1.11 bits per heavy atom. The Hall–Kier alpha value is -2.38. The number of carbonyl (C=O) groups is 2. The largest absolute Gasteiger partial charge is 0.390 e. The number of aromatic amines is 1. The number of aromatic nitrogens is 1. The molecule has 1 aliphatic rings. The van der Waals surface area contributed by atoms with Gasteiger partial charge in [-0.15, -0.1) is 0 Å². The number of H-pyrrole nitrogens is 1. The van der Waals surface area contributed by atoms with E-state index in [-0.39, 0.29) is 24.3 Å². The number of para-hydroxylation sites is 1. The maximum Gasteiger partial charge on any atom is 0.270 e. The summed E-state index contributed by atoms with van der Waals surface area (Å²) in [6.07, 6.45) is 5.02. The third-order valence-corrected chi connectivity index (χ3v) is 7.26. The molecule has 3 rings (SSSR count). The Labute approximate surface area is 209 Å². The van der Waals surface area contributed by atoms with E-state index >= 15 is 0 Å². The topological polar surface area (TPSA) is 106 Å². The zero-order valence-corrected chi connectivity index (χ0v) is 21.7. The highest BCUT2D eigenvalue weighted by molar-refractivity contribution is 5.98. The lowest BCUT2D eigenvalue weighted by molar-refractivity contribution is -0.127. The van der Waals surface area contributed by atoms with Crippen molar-refractivity contribution in [2.24, 2.45) is 17.8 Å². The van der Waals surface area contributed by atoms with Crippen molar-refractivity contribution >= 4 is 22.7 Å². The number of aliphatic hydroxyl groups excluding tert-OH is 2. The first-order valence-electron chi connectivity index (χ1n) is 13.2. The fourth-order valence-electron chi connectivity index (χ4n) is 5.25. The van der Waals surface area contributed by atoms with Crippen molar-refractivity contribution in [1.82, 2.24) is 15.2 Å². The monoisotopic (exact) mass is 485 g/mol. The van der Waals surface area contributed by atoms with Gasteiger partial charge in [0, 0.05) is 24.5 Å². The number of rotatable bonds is 11. The fourth-order valence-corrected chi connectivity index (χ4v) is 5.25. The van der Waals surface area contributed by atoms with Crippen molar-refractivity contribution in [2.75, 3.05) is 13.6 Å². The second-order valence-electron chi connectivity index (χ2n) is 10.9. The van der Waals surface area contributed by atoms with Gasteiger partial charge in [0.15, 0.2) is 0 Å². The van der Waals surface area contributed by atoms with Crippen LogP contribution in [0, 0.1) is 17.8 Å². The highest BCUT2D eigenvalue weighted by atomic mass is 16.3. The number of hydrogen-bond donors (Lipinski definition) is 4. The summed E-state index contributed by atoms with van der Waals surface area (Å²) in [7, 11) is 1.69. The van der Waals surface area contributed by atoms with Gasteiger partial charge in [-0.3, -0.25) is 9.59 Å². The molecule has 1 saturated carbocycles. The molecule has 7 nitrogen and oxygen atoms in total. The number of carbonyl (C=O) groups excluding carboxylic acids is 2. The Bertz CT molecular complexity index is 933. The predicted octanol–water partition coefficient (Wildman–Crippen LogP) is 4.10. The number of benzene rings is 1. The molecule has 1 aromatic heterocycles. The van der Waals surface area contributed by atoms with Gasteiger partial charge in [0.2, 0.25) is 5.91 Å². The molecule has 4 N–H and O–H groups in total. The molecule has 194 valence electrons. The van der Waals surface area contributed by atoms with Crippen LogP contribution in [-0.4, -0.2) is 63.8 Å². The average molecular weight is 486 g/mol. The van der Waals surface area contributed by atoms with Gasteiger partial charge in [-0.1, -0.05) is 71.1 Å². The molecule has 1 aliphatic carbocycles. The summed E-state index contributed by atoms with van der Waals surface area (Å²) >= 11 is 0. The normalized spacial score (nSPS) is 18.3. The van der Waals surface area contributed by atoms with E-state index < -0.39 is 24.2 Å². The van der Waals surface area contributed by atoms with Crippen LogP contribution in [0.4, 0.5) is 0 Å². The van der Waals surface area contributed by atoms with Gasteiger partial charge in [0.05, 0.1) is 18.1 Å². The molecule has 1 fully saturated rings. The number of amides is 2. The Balaban J connectivity index is 1.62. The van der Waals surface area contributed by atoms with Gasteiger partial charge in [0.1, 0.15) is 11.8 Å². The third-order valence-electron chi connectivity index (χ3n) is 7.26. The first-order valence-corrected chi connectivity index (χ1v) is 13.2. The summed E-state index contributed by atoms with van der Waals surface area (Å²) in [5.74, 6) is -0.160. The van der Waals surface area contributed by atoms with Crippen LogP contribution in [0.5, 0.6) is 0 Å². The minimum Gasteiger partial charge on any atom is -0.390 e. The minimum absolute atomic E-state index is 0.174. The van der Waals surface area contributed by atoms with E-state index in [2.05, 4.69) is 10.3 Å². The average Bonchev–Trinajstić information content (AvgIpc) is 3.27. The maximum atomic E-state index is 13.1. The zero-order valence-electron chi connectivity index (χ0n) is 21.7. The Kier molecular flexibility index (Phi) is 9.75. The quantitative estimate of drug-likeness (QED) is 0.384. The molecule has 2 amide bonds. The number of fused-ring (bicyclic) bond motifs is 1. The third kappa shape index (κ3) is 7.55. The molecule has 0 unspecified atom stereocenters. The Morgan fingerprint density at radius 3 is 2.46 bits per heavy atom. The molecular formula is C28H43N3O4. The molecule has 0 bridgehead atoms. The van der Waals surface area contributed by atoms with Gasteiger partial charge in [-0.2, -0.15) is 0 Å². The first-order chi connectivity index (χ1) is 16.7. The SMILES string of the molecule is CC(C)C[C@H](O)[C@H](O)[C@@H](CC1CCCCC1)NC(=O)[C@@H](C)CN(C)C(=O)c1cc2ccccc2[nH]1. The summed E-state index contributed by atoms with van der Waals surface area (Å²) in [5, 5.41) is 25.5. The zero-order chi connectivity index (χ0) is 25.5. The van der Waals surface area contributed by atoms with Crippen LogP contribution in [0.3, 0.4) is 0 Å². The van der Waals surface area contributed by atoms with Crippen molar-refractivity contribution in [3.8, 4) is 0 Å². The number of nitrogens with one attached hydrogen (secondary N) is 2. The number of hydrogen-bond acceptors (Lipinski definition) is 4. The van der Waals surface area contributed by atoms with Crippen molar-refractivity contribution in [3.05, 3.63) is 36.0 Å². The van der Waals surface area contributed by atoms with Crippen molar-refractivity contribution < 1.29 is 19.8 Å². The van der Waals surface area contributed by atoms with Crippen LogP contribution in [0.1, 0.15) is 76.2 Å². The molecule has 4 atom stereocenters. The van der Waals surface area contributed by atoms with E-state index in [4.69, 9.17) is 0 Å². The summed E-state index contributed by atoms with van der Waals surface area (Å²) < 4.78 is 0. The van der Waals surface area contributed by atoms with Gasteiger partial charge in [-0.25, -0.2) is 0 Å². The second kappa shape index (κ2) is 12.5. The van der Waals surface area contributed by atoms with Gasteiger partial charge >= 0.3 is 0 Å². The second-order valence-corrected chi connectivity index (χ2v) is 10.9. The van der Waals surface area contributed by atoms with E-state index in [9.17, 15) is 19.8 Å². The van der Waals surface area contributed by atoms with Gasteiger partial charge in [-0.05, 0) is 36.8 Å². The van der Waals surface area contributed by atoms with E-state index in [1.54, 1.807) is 18.9 Å². The molecular weight excluding hydrogens is 442 g/mol. The molecule has 7 heteroatoms. The summed E-state index contributed by atoms with van der Waals surface area (Å²) in [6, 6.07) is 9.04. The summed E-state index contributed by atoms with van der Waals surface area (Å²) in [4.78, 5) is 30.8. The lowest BCUT2D eigenvalue weighted by Crippen LogP contribution is -2.52. The van der Waals surface area contributed by atoms with E-state index in [0.29, 0.717) is 24.5 Å². The maximum absolute atomic E-state index is 13.1. The highest BCUT2D eigenvalue weighted by Crippen LogP contribution is 2.29. The molecule has 35 heavy (non-hydrogen) atoms. The smallest absolute Gasteiger partial charge is 0.270 e. The van der Waals surface area contributed by atoms with E-state index in [1.807, 2.05) is 44.2 Å². The highest BCUT2D eigenvalue weighted by Gasteiger charge is 2.32. The van der Waals surface area contributed by atoms with Crippen LogP contribution in [0.25, 0.3) is 10.9 Å². The van der Waals surface area contributed by atoms with Crippen molar-refractivity contribution in [1.29, 1.82) is 0 Å². The molecule has 0 spiro atoms. The standard InChI is InChI=1S/C28H43N3O4/c1-18(2)14-25(32)26(33)23(15-20-10-6-5-7-11-20)30-27(34)19(3)17-31(4)28(35)24-16-21-12-8-9-13-22(21)29-24/h8-9,12-13,16,18-20,23,25-26,29,32-33H,5-7,10-11,14-15,17H2,1-4H3,(H,30,34)/t19-,23+,25-,26+/m0/s1. The first kappa shape index (κ1) is 27.2. The molecule has 0 radical (unpaired) electrons. The fraction of sp³-hybridized carbons (Fsp3) is 0.643. The molecule has 1 heterocycles. The van der Waals surface area contributed by atoms with Crippen molar-refractivity contribution in [3.63, 3.8) is 0 Å². The van der Waals surface area contributed by atoms with Crippen LogP contribution < -0.4 is 5.32 Å². The van der Waals surface area contributed by atoms with Crippen LogP contribution in [-0.2, 0) is 4.79 Å². The molecule has 1 aromatic carbocycles. The molecule has 0 saturated heterocycles. The van der Waals surface area contributed by atoms with E-state index in [0.717, 1.165) is 23.7 Å². The molecule has 0 aliphatic heterocycles.